The van der Waals surface area contributed by atoms with Crippen LogP contribution in [-0.2, 0) is 6.61 Å². The van der Waals surface area contributed by atoms with E-state index in [0.29, 0.717) is 29.0 Å². The van der Waals surface area contributed by atoms with Gasteiger partial charge in [0, 0.05) is 11.1 Å². The Morgan fingerprint density at radius 1 is 0.920 bits per heavy atom. The minimum atomic E-state index is -2.51. The van der Waals surface area contributed by atoms with E-state index < -0.39 is 6.43 Å². The topological polar surface area (TPSA) is 26.3 Å². The van der Waals surface area contributed by atoms with Crippen molar-refractivity contribution in [3.8, 4) is 16.9 Å². The Bertz CT molecular complexity index is 844. The zero-order valence-corrected chi connectivity index (χ0v) is 13.4. The highest BCUT2D eigenvalue weighted by atomic mass is 19.3. The lowest BCUT2D eigenvalue weighted by Gasteiger charge is -2.11. The standard InChI is InChI=1S/C21H16F2O2/c22-21(23)17-8-6-16(7-9-17)20-12-19(11-10-18(20)13-24)25-14-15-4-2-1-3-5-15/h1-13,21H,14H2. The maximum absolute atomic E-state index is 12.7. The number of alkyl halides is 2. The first-order valence-electron chi connectivity index (χ1n) is 7.82. The van der Waals surface area contributed by atoms with Gasteiger partial charge in [-0.1, -0.05) is 54.6 Å². The average molecular weight is 338 g/mol. The maximum Gasteiger partial charge on any atom is 0.263 e. The lowest BCUT2D eigenvalue weighted by molar-refractivity contribution is 0.112. The van der Waals surface area contributed by atoms with E-state index in [2.05, 4.69) is 0 Å². The van der Waals surface area contributed by atoms with Crippen LogP contribution in [0.1, 0.15) is 27.9 Å². The lowest BCUT2D eigenvalue weighted by atomic mass is 9.99. The van der Waals surface area contributed by atoms with Gasteiger partial charge in [0.25, 0.3) is 6.43 Å². The fourth-order valence-corrected chi connectivity index (χ4v) is 2.53. The number of hydrogen-bond donors (Lipinski definition) is 0. The minimum absolute atomic E-state index is 0.0483. The summed E-state index contributed by atoms with van der Waals surface area (Å²) in [5.41, 5.74) is 2.81. The molecule has 0 aliphatic heterocycles. The normalized spacial score (nSPS) is 10.7. The highest BCUT2D eigenvalue weighted by molar-refractivity contribution is 5.88. The molecular formula is C21H16F2O2. The maximum atomic E-state index is 12.7. The van der Waals surface area contributed by atoms with Crippen LogP contribution in [0.4, 0.5) is 8.78 Å². The van der Waals surface area contributed by atoms with Crippen molar-refractivity contribution in [1.29, 1.82) is 0 Å². The molecule has 0 spiro atoms. The molecule has 0 fully saturated rings. The number of aldehydes is 1. The van der Waals surface area contributed by atoms with Gasteiger partial charge < -0.3 is 4.74 Å². The first kappa shape index (κ1) is 16.8. The Morgan fingerprint density at radius 3 is 2.28 bits per heavy atom. The third-order valence-electron chi connectivity index (χ3n) is 3.87. The summed E-state index contributed by atoms with van der Waals surface area (Å²) < 4.78 is 31.2. The summed E-state index contributed by atoms with van der Waals surface area (Å²) >= 11 is 0. The van der Waals surface area contributed by atoms with Crippen LogP contribution in [0.2, 0.25) is 0 Å². The number of rotatable bonds is 6. The van der Waals surface area contributed by atoms with Crippen molar-refractivity contribution in [3.05, 3.63) is 89.5 Å². The van der Waals surface area contributed by atoms with Crippen molar-refractivity contribution in [2.45, 2.75) is 13.0 Å². The highest BCUT2D eigenvalue weighted by Crippen LogP contribution is 2.29. The van der Waals surface area contributed by atoms with E-state index >= 15 is 0 Å². The quantitative estimate of drug-likeness (QED) is 0.540. The Hall–Kier alpha value is -3.01. The van der Waals surface area contributed by atoms with Crippen LogP contribution < -0.4 is 4.74 Å². The second-order valence-electron chi connectivity index (χ2n) is 5.56. The van der Waals surface area contributed by atoms with E-state index in [-0.39, 0.29) is 5.56 Å². The second-order valence-corrected chi connectivity index (χ2v) is 5.56. The van der Waals surface area contributed by atoms with Crippen LogP contribution in [-0.4, -0.2) is 6.29 Å². The van der Waals surface area contributed by atoms with E-state index in [9.17, 15) is 13.6 Å². The van der Waals surface area contributed by atoms with Gasteiger partial charge in [-0.3, -0.25) is 4.79 Å². The minimum Gasteiger partial charge on any atom is -0.489 e. The van der Waals surface area contributed by atoms with Crippen LogP contribution >= 0.6 is 0 Å². The zero-order valence-electron chi connectivity index (χ0n) is 13.4. The third kappa shape index (κ3) is 4.10. The third-order valence-corrected chi connectivity index (χ3v) is 3.87. The van der Waals surface area contributed by atoms with Crippen molar-refractivity contribution in [2.75, 3.05) is 0 Å². The molecule has 0 aliphatic carbocycles. The van der Waals surface area contributed by atoms with Crippen molar-refractivity contribution in [3.63, 3.8) is 0 Å². The number of carbonyl (C=O) groups is 1. The predicted octanol–water partition coefficient (Wildman–Crippen LogP) is 5.68. The Balaban J connectivity index is 1.86. The van der Waals surface area contributed by atoms with E-state index in [1.165, 1.54) is 12.1 Å². The van der Waals surface area contributed by atoms with E-state index in [1.54, 1.807) is 30.3 Å². The fourth-order valence-electron chi connectivity index (χ4n) is 2.53. The van der Waals surface area contributed by atoms with Crippen LogP contribution in [0.25, 0.3) is 11.1 Å². The first-order chi connectivity index (χ1) is 12.2. The molecule has 25 heavy (non-hydrogen) atoms. The van der Waals surface area contributed by atoms with Crippen LogP contribution in [0, 0.1) is 0 Å². The zero-order chi connectivity index (χ0) is 17.6. The molecule has 0 unspecified atom stereocenters. The molecule has 0 amide bonds. The average Bonchev–Trinajstić information content (AvgIpc) is 2.67. The molecule has 0 N–H and O–H groups in total. The summed E-state index contributed by atoms with van der Waals surface area (Å²) in [5.74, 6) is 0.613. The number of benzene rings is 3. The number of halogens is 2. The summed E-state index contributed by atoms with van der Waals surface area (Å²) in [6.45, 7) is 0.408. The SMILES string of the molecule is O=Cc1ccc(OCc2ccccc2)cc1-c1ccc(C(F)F)cc1. The molecule has 3 rings (SSSR count). The molecule has 2 nitrogen and oxygen atoms in total. The van der Waals surface area contributed by atoms with Gasteiger partial charge in [0.15, 0.2) is 6.29 Å². The van der Waals surface area contributed by atoms with E-state index in [0.717, 1.165) is 11.8 Å². The summed E-state index contributed by atoms with van der Waals surface area (Å²) in [6, 6.07) is 20.8. The largest absolute Gasteiger partial charge is 0.489 e. The molecule has 4 heteroatoms. The highest BCUT2D eigenvalue weighted by Gasteiger charge is 2.10. The second kappa shape index (κ2) is 7.71. The van der Waals surface area contributed by atoms with Gasteiger partial charge in [-0.15, -0.1) is 0 Å². The van der Waals surface area contributed by atoms with Crippen molar-refractivity contribution in [2.24, 2.45) is 0 Å². The van der Waals surface area contributed by atoms with E-state index in [1.807, 2.05) is 30.3 Å². The van der Waals surface area contributed by atoms with Gasteiger partial charge >= 0.3 is 0 Å². The number of hydrogen-bond acceptors (Lipinski definition) is 2. The van der Waals surface area contributed by atoms with Crippen molar-refractivity contribution < 1.29 is 18.3 Å². The molecule has 0 aromatic heterocycles. The Kier molecular flexibility index (Phi) is 5.19. The molecule has 0 aliphatic rings. The molecule has 0 saturated carbocycles. The lowest BCUT2D eigenvalue weighted by Crippen LogP contribution is -1.96. The monoisotopic (exact) mass is 338 g/mol. The van der Waals surface area contributed by atoms with E-state index in [4.69, 9.17) is 4.74 Å². The molecular weight excluding hydrogens is 322 g/mol. The first-order valence-corrected chi connectivity index (χ1v) is 7.82. The molecule has 0 bridgehead atoms. The Morgan fingerprint density at radius 2 is 1.64 bits per heavy atom. The number of carbonyl (C=O) groups excluding carboxylic acids is 1. The summed E-state index contributed by atoms with van der Waals surface area (Å²) in [6.07, 6.45) is -1.77. The summed E-state index contributed by atoms with van der Waals surface area (Å²) in [4.78, 5) is 11.3. The summed E-state index contributed by atoms with van der Waals surface area (Å²) in [7, 11) is 0. The smallest absolute Gasteiger partial charge is 0.263 e. The molecule has 0 heterocycles. The van der Waals surface area contributed by atoms with Crippen molar-refractivity contribution in [1.82, 2.24) is 0 Å². The van der Waals surface area contributed by atoms with Crippen LogP contribution in [0.3, 0.4) is 0 Å². The molecule has 0 saturated heterocycles. The van der Waals surface area contributed by atoms with Gasteiger partial charge in [-0.25, -0.2) is 8.78 Å². The van der Waals surface area contributed by atoms with Crippen LogP contribution in [0.15, 0.2) is 72.8 Å². The molecule has 126 valence electrons. The molecule has 0 atom stereocenters. The Labute approximate surface area is 144 Å². The van der Waals surface area contributed by atoms with Gasteiger partial charge in [-0.2, -0.15) is 0 Å². The molecule has 0 radical (unpaired) electrons. The number of ether oxygens (including phenoxy) is 1. The van der Waals surface area contributed by atoms with Gasteiger partial charge in [0.1, 0.15) is 12.4 Å². The van der Waals surface area contributed by atoms with Gasteiger partial charge in [-0.05, 0) is 34.9 Å². The van der Waals surface area contributed by atoms with Crippen LogP contribution in [0.5, 0.6) is 5.75 Å². The fraction of sp³-hybridized carbons (Fsp3) is 0.0952. The summed E-state index contributed by atoms with van der Waals surface area (Å²) in [5, 5.41) is 0. The predicted molar refractivity (Wildman–Crippen MR) is 93.0 cm³/mol. The molecule has 3 aromatic rings. The van der Waals surface area contributed by atoms with Gasteiger partial charge in [0.05, 0.1) is 0 Å². The van der Waals surface area contributed by atoms with Crippen molar-refractivity contribution >= 4 is 6.29 Å². The van der Waals surface area contributed by atoms with Gasteiger partial charge in [0.2, 0.25) is 0 Å². The molecule has 3 aromatic carbocycles.